The van der Waals surface area contributed by atoms with E-state index in [1.807, 2.05) is 12.2 Å². The van der Waals surface area contributed by atoms with Gasteiger partial charge in [0.25, 0.3) is 0 Å². The largest absolute Gasteiger partial charge is 0.462 e. The lowest BCUT2D eigenvalue weighted by Gasteiger charge is -2.42. The highest BCUT2D eigenvalue weighted by Crippen LogP contribution is 2.26. The molecule has 2 heterocycles. The number of allylic oxidation sites excluding steroid dienone is 12. The zero-order valence-corrected chi connectivity index (χ0v) is 43.9. The van der Waals surface area contributed by atoms with Gasteiger partial charge >= 0.3 is 11.9 Å². The van der Waals surface area contributed by atoms with Crippen molar-refractivity contribution in [2.45, 2.75) is 248 Å². The summed E-state index contributed by atoms with van der Waals surface area (Å²) in [7, 11) is 0. The van der Waals surface area contributed by atoms with E-state index in [9.17, 15) is 45.3 Å². The lowest BCUT2D eigenvalue weighted by molar-refractivity contribution is -0.332. The number of ether oxygens (including phenoxy) is 6. The molecule has 0 aromatic rings. The van der Waals surface area contributed by atoms with E-state index in [2.05, 4.69) is 74.6 Å². The summed E-state index contributed by atoms with van der Waals surface area (Å²) in [5.41, 5.74) is 0. The zero-order chi connectivity index (χ0) is 52.4. The van der Waals surface area contributed by atoms with E-state index in [0.717, 1.165) is 51.4 Å². The quantitative estimate of drug-likeness (QED) is 0.0172. The number of hydrogen-bond acceptors (Lipinski definition) is 15. The number of rotatable bonds is 42. The van der Waals surface area contributed by atoms with Crippen LogP contribution >= 0.6 is 0 Å². The average Bonchev–Trinajstić information content (AvgIpc) is 3.37. The lowest BCUT2D eigenvalue weighted by Crippen LogP contribution is -2.61. The molecule has 2 aliphatic heterocycles. The first kappa shape index (κ1) is 65.1. The third-order valence-corrected chi connectivity index (χ3v) is 12.7. The summed E-state index contributed by atoms with van der Waals surface area (Å²) in [5, 5.41) is 72.2. The van der Waals surface area contributed by atoms with Crippen LogP contribution in [0.2, 0.25) is 0 Å². The fourth-order valence-corrected chi connectivity index (χ4v) is 8.24. The van der Waals surface area contributed by atoms with Crippen LogP contribution in [-0.4, -0.2) is 142 Å². The predicted molar refractivity (Wildman–Crippen MR) is 279 cm³/mol. The highest BCUT2D eigenvalue weighted by molar-refractivity contribution is 5.70. The number of carbonyl (C=O) groups excluding carboxylic acids is 2. The van der Waals surface area contributed by atoms with Gasteiger partial charge in [-0.1, -0.05) is 189 Å². The summed E-state index contributed by atoms with van der Waals surface area (Å²) in [5.74, 6) is -1.02. The minimum absolute atomic E-state index is 0.0384. The Balaban J connectivity index is 1.82. The second kappa shape index (κ2) is 43.2. The van der Waals surface area contributed by atoms with Crippen LogP contribution in [0.1, 0.15) is 181 Å². The second-order valence-corrected chi connectivity index (χ2v) is 19.0. The van der Waals surface area contributed by atoms with Gasteiger partial charge in [0.05, 0.1) is 19.8 Å². The number of esters is 2. The van der Waals surface area contributed by atoms with Crippen LogP contribution in [-0.2, 0) is 38.0 Å². The van der Waals surface area contributed by atoms with E-state index >= 15 is 0 Å². The number of hydrogen-bond donors (Lipinski definition) is 7. The van der Waals surface area contributed by atoms with E-state index in [4.69, 9.17) is 28.4 Å². The van der Waals surface area contributed by atoms with Crippen LogP contribution in [0.15, 0.2) is 72.9 Å². The molecule has 0 aliphatic carbocycles. The third kappa shape index (κ3) is 30.3. The van der Waals surface area contributed by atoms with Crippen molar-refractivity contribution >= 4 is 11.9 Å². The molecule has 15 nitrogen and oxygen atoms in total. The van der Waals surface area contributed by atoms with Gasteiger partial charge in [-0.15, -0.1) is 0 Å². The molecule has 72 heavy (non-hydrogen) atoms. The zero-order valence-electron chi connectivity index (χ0n) is 43.9. The van der Waals surface area contributed by atoms with Crippen LogP contribution in [0.25, 0.3) is 0 Å². The van der Waals surface area contributed by atoms with E-state index in [0.29, 0.717) is 19.3 Å². The van der Waals surface area contributed by atoms with E-state index in [1.165, 1.54) is 83.5 Å². The van der Waals surface area contributed by atoms with Crippen molar-refractivity contribution in [2.75, 3.05) is 26.4 Å². The molecule has 0 bridgehead atoms. The van der Waals surface area contributed by atoms with Gasteiger partial charge in [0.15, 0.2) is 18.7 Å². The molecule has 0 saturated carbocycles. The van der Waals surface area contributed by atoms with Crippen molar-refractivity contribution in [1.82, 2.24) is 0 Å². The van der Waals surface area contributed by atoms with Gasteiger partial charge in [-0.25, -0.2) is 0 Å². The standard InChI is InChI=1S/C57H96O15/c1-3-5-7-9-11-13-15-17-19-21-22-24-26-28-30-32-34-36-38-40-49(60)70-45(42-67-48(59)39-37-35-33-31-29-27-25-23-20-18-16-14-12-10-8-6-4-2)43-68-56-55(66)53(64)51(62)47(72-56)44-69-57-54(65)52(63)50(61)46(41-58)71-57/h5,7,11,13,17,19,22,24,28,30,34,36,45-47,50-58,61-66H,3-4,6,8-10,12,14-16,18,20-21,23,25-27,29,31-33,35,37-44H2,1-2H3/b7-5-,13-11-,19-17-,24-22-,30-28-,36-34-. The summed E-state index contributed by atoms with van der Waals surface area (Å²) in [6.45, 7) is 2.41. The van der Waals surface area contributed by atoms with Gasteiger partial charge in [0.2, 0.25) is 0 Å². The van der Waals surface area contributed by atoms with Crippen molar-refractivity contribution in [2.24, 2.45) is 0 Å². The maximum Gasteiger partial charge on any atom is 0.306 e. The van der Waals surface area contributed by atoms with Gasteiger partial charge in [-0.2, -0.15) is 0 Å². The van der Waals surface area contributed by atoms with Crippen molar-refractivity contribution < 1.29 is 73.8 Å². The maximum absolute atomic E-state index is 13.0. The molecule has 7 N–H and O–H groups in total. The summed E-state index contributed by atoms with van der Waals surface area (Å²) < 4.78 is 33.5. The van der Waals surface area contributed by atoms with Crippen molar-refractivity contribution in [3.8, 4) is 0 Å². The Morgan fingerprint density at radius 2 is 0.875 bits per heavy atom. The van der Waals surface area contributed by atoms with Crippen LogP contribution in [0.4, 0.5) is 0 Å². The molecular weight excluding hydrogens is 925 g/mol. The highest BCUT2D eigenvalue weighted by atomic mass is 16.7. The maximum atomic E-state index is 13.0. The number of aliphatic hydroxyl groups is 7. The first-order valence-electron chi connectivity index (χ1n) is 27.5. The molecule has 11 atom stereocenters. The minimum atomic E-state index is -1.78. The lowest BCUT2D eigenvalue weighted by atomic mass is 9.98. The molecule has 0 amide bonds. The van der Waals surface area contributed by atoms with Gasteiger partial charge in [-0.3, -0.25) is 9.59 Å². The smallest absolute Gasteiger partial charge is 0.306 e. The Hall–Kier alpha value is -3.06. The highest BCUT2D eigenvalue weighted by Gasteiger charge is 2.47. The first-order chi connectivity index (χ1) is 35.0. The molecule has 15 heteroatoms. The van der Waals surface area contributed by atoms with Gasteiger partial charge < -0.3 is 64.2 Å². The molecule has 2 rings (SSSR count). The molecule has 0 aromatic heterocycles. The molecule has 0 aromatic carbocycles. The van der Waals surface area contributed by atoms with E-state index in [1.54, 1.807) is 0 Å². The molecule has 2 aliphatic rings. The fourth-order valence-electron chi connectivity index (χ4n) is 8.24. The number of carbonyl (C=O) groups is 2. The Morgan fingerprint density at radius 3 is 1.35 bits per heavy atom. The van der Waals surface area contributed by atoms with Crippen molar-refractivity contribution in [3.63, 3.8) is 0 Å². The van der Waals surface area contributed by atoms with Crippen molar-refractivity contribution in [3.05, 3.63) is 72.9 Å². The number of aliphatic hydroxyl groups excluding tert-OH is 7. The molecule has 0 spiro atoms. The van der Waals surface area contributed by atoms with Crippen molar-refractivity contribution in [1.29, 1.82) is 0 Å². The van der Waals surface area contributed by atoms with Crippen LogP contribution in [0, 0.1) is 0 Å². The SMILES string of the molecule is CC/C=C\C/C=C\C/C=C\C/C=C\C/C=C\C/C=C\CCC(=O)OC(COC(=O)CCCCCCCCCCCCCCCCCCC)COC1OC(COC2OC(CO)C(O)C(O)C2O)C(O)C(O)C1O. The summed E-state index contributed by atoms with van der Waals surface area (Å²) in [4.78, 5) is 25.8. The van der Waals surface area contributed by atoms with Crippen LogP contribution < -0.4 is 0 Å². The Labute approximate surface area is 432 Å². The summed E-state index contributed by atoms with van der Waals surface area (Å²) in [6, 6.07) is 0. The minimum Gasteiger partial charge on any atom is -0.462 e. The summed E-state index contributed by atoms with van der Waals surface area (Å²) >= 11 is 0. The first-order valence-corrected chi connectivity index (χ1v) is 27.5. The Kier molecular flexibility index (Phi) is 39.0. The van der Waals surface area contributed by atoms with Crippen LogP contribution in [0.5, 0.6) is 0 Å². The van der Waals surface area contributed by atoms with Crippen LogP contribution in [0.3, 0.4) is 0 Å². The molecule has 11 unspecified atom stereocenters. The van der Waals surface area contributed by atoms with Gasteiger partial charge in [0, 0.05) is 12.8 Å². The Bertz CT molecular complexity index is 1530. The van der Waals surface area contributed by atoms with E-state index in [-0.39, 0.29) is 19.4 Å². The number of unbranched alkanes of at least 4 members (excludes halogenated alkanes) is 16. The second-order valence-electron chi connectivity index (χ2n) is 19.0. The monoisotopic (exact) mass is 1020 g/mol. The third-order valence-electron chi connectivity index (χ3n) is 12.7. The van der Waals surface area contributed by atoms with Gasteiger partial charge in [-0.05, 0) is 51.4 Å². The fraction of sp³-hybridized carbons (Fsp3) is 0.754. The Morgan fingerprint density at radius 1 is 0.458 bits per heavy atom. The predicted octanol–water partition coefficient (Wildman–Crippen LogP) is 8.60. The topological polar surface area (TPSA) is 231 Å². The molecule has 2 saturated heterocycles. The van der Waals surface area contributed by atoms with Gasteiger partial charge in [0.1, 0.15) is 55.4 Å². The molecule has 0 radical (unpaired) electrons. The normalized spacial score (nSPS) is 25.6. The summed E-state index contributed by atoms with van der Waals surface area (Å²) in [6.07, 6.45) is 35.1. The molecule has 2 fully saturated rings. The molecule has 414 valence electrons. The average molecular weight is 1020 g/mol. The molecular formula is C57H96O15. The van der Waals surface area contributed by atoms with E-state index < -0.39 is 99.3 Å².